The minimum Gasteiger partial charge on any atom is -0.388 e. The van der Waals surface area contributed by atoms with Gasteiger partial charge in [0.15, 0.2) is 0 Å². The van der Waals surface area contributed by atoms with Gasteiger partial charge in [0.05, 0.1) is 5.84 Å². The molecule has 0 saturated heterocycles. The van der Waals surface area contributed by atoms with Crippen molar-refractivity contribution in [3.05, 3.63) is 34.6 Å². The summed E-state index contributed by atoms with van der Waals surface area (Å²) in [5, 5.41) is 7.77. The van der Waals surface area contributed by atoms with Gasteiger partial charge in [0.2, 0.25) is 0 Å². The van der Waals surface area contributed by atoms with Gasteiger partial charge in [-0.1, -0.05) is 11.6 Å². The molecule has 5 heteroatoms. The second-order valence-electron chi connectivity index (χ2n) is 4.58. The van der Waals surface area contributed by atoms with Gasteiger partial charge in [-0.3, -0.25) is 10.3 Å². The lowest BCUT2D eigenvalue weighted by Gasteiger charge is -2.26. The average molecular weight is 272 g/mol. The SMILES string of the molecule is CC(C)N(CCC(=N)N)Cc1cc(Cl)ccc1F. The highest BCUT2D eigenvalue weighted by Crippen LogP contribution is 2.17. The van der Waals surface area contributed by atoms with Crippen molar-refractivity contribution in [3.8, 4) is 0 Å². The molecule has 0 atom stereocenters. The van der Waals surface area contributed by atoms with Gasteiger partial charge in [0, 0.05) is 36.1 Å². The van der Waals surface area contributed by atoms with Crippen molar-refractivity contribution in [1.29, 1.82) is 5.41 Å². The van der Waals surface area contributed by atoms with Crippen LogP contribution in [0.4, 0.5) is 4.39 Å². The molecule has 0 radical (unpaired) electrons. The molecule has 0 aliphatic carbocycles. The molecule has 0 aliphatic heterocycles. The molecule has 0 bridgehead atoms. The molecule has 0 saturated carbocycles. The molecular formula is C13H19ClFN3. The molecular weight excluding hydrogens is 253 g/mol. The maximum absolute atomic E-state index is 13.6. The molecule has 3 nitrogen and oxygen atoms in total. The Bertz CT molecular complexity index is 421. The number of nitrogens with zero attached hydrogens (tertiary/aromatic N) is 1. The van der Waals surface area contributed by atoms with Gasteiger partial charge in [-0.05, 0) is 32.0 Å². The van der Waals surface area contributed by atoms with Gasteiger partial charge in [-0.2, -0.15) is 0 Å². The Hall–Kier alpha value is -1.13. The Morgan fingerprint density at radius 2 is 2.17 bits per heavy atom. The van der Waals surface area contributed by atoms with Crippen LogP contribution in [0.2, 0.25) is 5.02 Å². The first kappa shape index (κ1) is 14.9. The zero-order valence-corrected chi connectivity index (χ0v) is 11.5. The van der Waals surface area contributed by atoms with E-state index in [0.29, 0.717) is 30.1 Å². The number of rotatable bonds is 6. The Kier molecular flexibility index (Phi) is 5.56. The minimum atomic E-state index is -0.257. The minimum absolute atomic E-state index is 0.146. The summed E-state index contributed by atoms with van der Waals surface area (Å²) in [6.45, 7) is 5.17. The average Bonchev–Trinajstić information content (AvgIpc) is 2.28. The number of nitrogens with one attached hydrogen (secondary N) is 1. The molecule has 0 fully saturated rings. The predicted octanol–water partition coefficient (Wildman–Crippen LogP) is 3.02. The van der Waals surface area contributed by atoms with Gasteiger partial charge in [-0.15, -0.1) is 0 Å². The zero-order valence-electron chi connectivity index (χ0n) is 10.7. The maximum Gasteiger partial charge on any atom is 0.127 e. The highest BCUT2D eigenvalue weighted by molar-refractivity contribution is 6.30. The summed E-state index contributed by atoms with van der Waals surface area (Å²) in [6, 6.07) is 4.80. The normalized spacial score (nSPS) is 11.2. The fourth-order valence-corrected chi connectivity index (χ4v) is 1.86. The quantitative estimate of drug-likeness (QED) is 0.617. The summed E-state index contributed by atoms with van der Waals surface area (Å²) in [5.41, 5.74) is 5.92. The van der Waals surface area contributed by atoms with Crippen LogP contribution in [0.15, 0.2) is 18.2 Å². The number of halogens is 2. The monoisotopic (exact) mass is 271 g/mol. The molecule has 0 spiro atoms. The van der Waals surface area contributed by atoms with Gasteiger partial charge >= 0.3 is 0 Å². The topological polar surface area (TPSA) is 53.1 Å². The predicted molar refractivity (Wildman–Crippen MR) is 73.5 cm³/mol. The van der Waals surface area contributed by atoms with E-state index in [2.05, 4.69) is 4.90 Å². The highest BCUT2D eigenvalue weighted by atomic mass is 35.5. The molecule has 0 amide bonds. The van der Waals surface area contributed by atoms with E-state index in [1.165, 1.54) is 12.1 Å². The van der Waals surface area contributed by atoms with E-state index in [9.17, 15) is 4.39 Å². The summed E-state index contributed by atoms with van der Waals surface area (Å²) < 4.78 is 13.6. The van der Waals surface area contributed by atoms with Crippen molar-refractivity contribution in [2.75, 3.05) is 6.54 Å². The third-order valence-electron chi connectivity index (χ3n) is 2.78. The summed E-state index contributed by atoms with van der Waals surface area (Å²) in [5.74, 6) is -0.111. The molecule has 1 aromatic carbocycles. The van der Waals surface area contributed by atoms with Crippen molar-refractivity contribution in [3.63, 3.8) is 0 Å². The van der Waals surface area contributed by atoms with Crippen LogP contribution in [0.3, 0.4) is 0 Å². The Morgan fingerprint density at radius 3 is 2.72 bits per heavy atom. The van der Waals surface area contributed by atoms with Crippen LogP contribution < -0.4 is 5.73 Å². The molecule has 3 N–H and O–H groups in total. The van der Waals surface area contributed by atoms with Crippen LogP contribution in [0.5, 0.6) is 0 Å². The second kappa shape index (κ2) is 6.71. The molecule has 0 unspecified atom stereocenters. The molecule has 0 aliphatic rings. The maximum atomic E-state index is 13.6. The third-order valence-corrected chi connectivity index (χ3v) is 3.01. The van der Waals surface area contributed by atoms with E-state index in [-0.39, 0.29) is 17.7 Å². The summed E-state index contributed by atoms with van der Waals surface area (Å²) >= 11 is 5.87. The lowest BCUT2D eigenvalue weighted by Crippen LogP contribution is -2.33. The largest absolute Gasteiger partial charge is 0.388 e. The Balaban J connectivity index is 2.76. The van der Waals surface area contributed by atoms with E-state index in [1.807, 2.05) is 13.8 Å². The smallest absolute Gasteiger partial charge is 0.127 e. The Morgan fingerprint density at radius 1 is 1.50 bits per heavy atom. The van der Waals surface area contributed by atoms with Crippen LogP contribution in [-0.2, 0) is 6.54 Å². The Labute approximate surface area is 112 Å². The van der Waals surface area contributed by atoms with Crippen LogP contribution in [0.1, 0.15) is 25.8 Å². The van der Waals surface area contributed by atoms with E-state index in [1.54, 1.807) is 6.07 Å². The first-order valence-corrected chi connectivity index (χ1v) is 6.29. The van der Waals surface area contributed by atoms with E-state index in [4.69, 9.17) is 22.7 Å². The van der Waals surface area contributed by atoms with Gasteiger partial charge in [0.25, 0.3) is 0 Å². The molecule has 18 heavy (non-hydrogen) atoms. The van der Waals surface area contributed by atoms with Gasteiger partial charge in [-0.25, -0.2) is 4.39 Å². The first-order chi connectivity index (χ1) is 8.40. The highest BCUT2D eigenvalue weighted by Gasteiger charge is 2.13. The lowest BCUT2D eigenvalue weighted by atomic mass is 10.1. The van der Waals surface area contributed by atoms with Crippen LogP contribution in [0, 0.1) is 11.2 Å². The van der Waals surface area contributed by atoms with E-state index < -0.39 is 0 Å². The number of benzene rings is 1. The number of amidine groups is 1. The van der Waals surface area contributed by atoms with Crippen LogP contribution in [0.25, 0.3) is 0 Å². The standard InChI is InChI=1S/C13H19ClFN3/c1-9(2)18(6-5-13(16)17)8-10-7-11(14)3-4-12(10)15/h3-4,7,9H,5-6,8H2,1-2H3,(H3,16,17). The summed E-state index contributed by atoms with van der Waals surface area (Å²) in [6.07, 6.45) is 0.486. The van der Waals surface area contributed by atoms with Gasteiger partial charge in [0.1, 0.15) is 5.82 Å². The van der Waals surface area contributed by atoms with Crippen molar-refractivity contribution in [1.82, 2.24) is 4.90 Å². The molecule has 1 aromatic rings. The zero-order chi connectivity index (χ0) is 13.7. The fourth-order valence-electron chi connectivity index (χ4n) is 1.67. The van der Waals surface area contributed by atoms with E-state index >= 15 is 0 Å². The summed E-state index contributed by atoms with van der Waals surface area (Å²) in [4.78, 5) is 2.07. The molecule has 0 heterocycles. The van der Waals surface area contributed by atoms with Crippen LogP contribution in [-0.4, -0.2) is 23.3 Å². The lowest BCUT2D eigenvalue weighted by molar-refractivity contribution is 0.216. The summed E-state index contributed by atoms with van der Waals surface area (Å²) in [7, 11) is 0. The van der Waals surface area contributed by atoms with Crippen LogP contribution >= 0.6 is 11.6 Å². The molecule has 100 valence electrons. The van der Waals surface area contributed by atoms with Gasteiger partial charge < -0.3 is 5.73 Å². The molecule has 1 rings (SSSR count). The fraction of sp³-hybridized carbons (Fsp3) is 0.462. The van der Waals surface area contributed by atoms with Crippen molar-refractivity contribution in [2.45, 2.75) is 32.9 Å². The number of hydrogen-bond acceptors (Lipinski definition) is 2. The van der Waals surface area contributed by atoms with Crippen molar-refractivity contribution in [2.24, 2.45) is 5.73 Å². The third kappa shape index (κ3) is 4.63. The number of nitrogens with two attached hydrogens (primary N) is 1. The van der Waals surface area contributed by atoms with Crippen molar-refractivity contribution >= 4 is 17.4 Å². The molecule has 0 aromatic heterocycles. The van der Waals surface area contributed by atoms with E-state index in [0.717, 1.165) is 0 Å². The van der Waals surface area contributed by atoms with Crippen molar-refractivity contribution < 1.29 is 4.39 Å². The first-order valence-electron chi connectivity index (χ1n) is 5.91. The second-order valence-corrected chi connectivity index (χ2v) is 5.01. The number of hydrogen-bond donors (Lipinski definition) is 2.